The minimum absolute atomic E-state index is 0.0490. The van der Waals surface area contributed by atoms with Gasteiger partial charge in [-0.3, -0.25) is 4.55 Å². The van der Waals surface area contributed by atoms with E-state index in [1.54, 1.807) is 6.07 Å². The Bertz CT molecular complexity index is 823. The molecule has 25 heavy (non-hydrogen) atoms. The van der Waals surface area contributed by atoms with Crippen molar-refractivity contribution in [1.82, 2.24) is 5.32 Å². The third-order valence-corrected chi connectivity index (χ3v) is 5.10. The summed E-state index contributed by atoms with van der Waals surface area (Å²) in [6, 6.07) is 13.8. The first-order chi connectivity index (χ1) is 11.9. The topological polar surface area (TPSA) is 95.9 Å². The van der Waals surface area contributed by atoms with Crippen LogP contribution in [0, 0.1) is 0 Å². The van der Waals surface area contributed by atoms with Crippen LogP contribution in [-0.4, -0.2) is 37.3 Å². The molecule has 2 aromatic rings. The zero-order valence-electron chi connectivity index (χ0n) is 13.6. The van der Waals surface area contributed by atoms with E-state index < -0.39 is 16.2 Å². The van der Waals surface area contributed by atoms with Crippen LogP contribution < -0.4 is 10.1 Å². The molecule has 0 bridgehead atoms. The SMILES string of the molecule is O=S(=O)(O)c1ccc2c(c1)CCC(CNCC(O)c1ccccc1)O2. The summed E-state index contributed by atoms with van der Waals surface area (Å²) in [6.07, 6.45) is 0.782. The number of ether oxygens (including phenoxy) is 1. The highest BCUT2D eigenvalue weighted by molar-refractivity contribution is 7.85. The molecule has 0 radical (unpaired) electrons. The van der Waals surface area contributed by atoms with Gasteiger partial charge >= 0.3 is 0 Å². The molecular weight excluding hydrogens is 342 g/mol. The van der Waals surface area contributed by atoms with Crippen LogP contribution in [0.4, 0.5) is 0 Å². The molecule has 0 spiro atoms. The molecule has 6 nitrogen and oxygen atoms in total. The van der Waals surface area contributed by atoms with E-state index in [0.29, 0.717) is 25.3 Å². The Labute approximate surface area is 147 Å². The van der Waals surface area contributed by atoms with E-state index in [0.717, 1.165) is 17.5 Å². The van der Waals surface area contributed by atoms with Crippen LogP contribution in [-0.2, 0) is 16.5 Å². The Kier molecular flexibility index (Phi) is 5.39. The maximum Gasteiger partial charge on any atom is 0.294 e. The van der Waals surface area contributed by atoms with E-state index in [-0.39, 0.29) is 11.0 Å². The molecule has 0 aliphatic carbocycles. The van der Waals surface area contributed by atoms with Gasteiger partial charge in [0, 0.05) is 13.1 Å². The summed E-state index contributed by atoms with van der Waals surface area (Å²) in [7, 11) is -4.20. The van der Waals surface area contributed by atoms with Gasteiger partial charge in [-0.25, -0.2) is 0 Å². The van der Waals surface area contributed by atoms with Gasteiger partial charge in [0.15, 0.2) is 0 Å². The predicted octanol–water partition coefficient (Wildman–Crippen LogP) is 1.95. The second kappa shape index (κ2) is 7.53. The first kappa shape index (κ1) is 17.9. The molecule has 2 aromatic carbocycles. The van der Waals surface area contributed by atoms with E-state index in [2.05, 4.69) is 5.32 Å². The quantitative estimate of drug-likeness (QED) is 0.679. The Morgan fingerprint density at radius 3 is 2.68 bits per heavy atom. The minimum Gasteiger partial charge on any atom is -0.489 e. The summed E-state index contributed by atoms with van der Waals surface area (Å²) in [4.78, 5) is -0.114. The van der Waals surface area contributed by atoms with E-state index in [1.807, 2.05) is 30.3 Å². The fraction of sp³-hybridized carbons (Fsp3) is 0.333. The largest absolute Gasteiger partial charge is 0.489 e. The van der Waals surface area contributed by atoms with Crippen molar-refractivity contribution in [3.63, 3.8) is 0 Å². The summed E-state index contributed by atoms with van der Waals surface area (Å²) < 4.78 is 37.3. The highest BCUT2D eigenvalue weighted by atomic mass is 32.2. The molecule has 2 atom stereocenters. The van der Waals surface area contributed by atoms with Crippen LogP contribution in [0.1, 0.15) is 23.7 Å². The van der Waals surface area contributed by atoms with Crippen molar-refractivity contribution in [2.75, 3.05) is 13.1 Å². The van der Waals surface area contributed by atoms with Gasteiger partial charge in [-0.05, 0) is 42.2 Å². The van der Waals surface area contributed by atoms with E-state index in [4.69, 9.17) is 9.29 Å². The highest BCUT2D eigenvalue weighted by Gasteiger charge is 2.22. The Balaban J connectivity index is 1.53. The maximum absolute atomic E-state index is 11.2. The van der Waals surface area contributed by atoms with Crippen molar-refractivity contribution in [1.29, 1.82) is 0 Å². The van der Waals surface area contributed by atoms with Crippen LogP contribution in [0.15, 0.2) is 53.4 Å². The maximum atomic E-state index is 11.2. The number of fused-ring (bicyclic) bond motifs is 1. The fourth-order valence-electron chi connectivity index (χ4n) is 2.90. The smallest absolute Gasteiger partial charge is 0.294 e. The lowest BCUT2D eigenvalue weighted by Crippen LogP contribution is -2.36. The van der Waals surface area contributed by atoms with Crippen LogP contribution >= 0.6 is 0 Å². The van der Waals surface area contributed by atoms with Gasteiger partial charge < -0.3 is 15.2 Å². The fourth-order valence-corrected chi connectivity index (χ4v) is 3.43. The van der Waals surface area contributed by atoms with Gasteiger partial charge in [0.2, 0.25) is 0 Å². The Morgan fingerprint density at radius 1 is 1.20 bits per heavy atom. The number of rotatable bonds is 6. The molecule has 0 saturated carbocycles. The van der Waals surface area contributed by atoms with Crippen LogP contribution in [0.25, 0.3) is 0 Å². The second-order valence-corrected chi connectivity index (χ2v) is 7.53. The number of aliphatic hydroxyl groups is 1. The average Bonchev–Trinajstić information content (AvgIpc) is 2.61. The van der Waals surface area contributed by atoms with Gasteiger partial charge in [0.05, 0.1) is 11.0 Å². The van der Waals surface area contributed by atoms with Gasteiger partial charge in [-0.1, -0.05) is 30.3 Å². The molecule has 7 heteroatoms. The third-order valence-electron chi connectivity index (χ3n) is 4.25. The Hall–Kier alpha value is -1.93. The van der Waals surface area contributed by atoms with E-state index in [1.165, 1.54) is 12.1 Å². The van der Waals surface area contributed by atoms with Gasteiger partial charge in [0.1, 0.15) is 11.9 Å². The number of nitrogens with one attached hydrogen (secondary N) is 1. The van der Waals surface area contributed by atoms with Crippen molar-refractivity contribution in [2.24, 2.45) is 0 Å². The third kappa shape index (κ3) is 4.58. The number of aliphatic hydroxyl groups excluding tert-OH is 1. The number of aryl methyl sites for hydroxylation is 1. The van der Waals surface area contributed by atoms with E-state index >= 15 is 0 Å². The van der Waals surface area contributed by atoms with E-state index in [9.17, 15) is 13.5 Å². The molecule has 0 amide bonds. The molecule has 0 aromatic heterocycles. The zero-order valence-corrected chi connectivity index (χ0v) is 14.4. The molecule has 2 unspecified atom stereocenters. The van der Waals surface area contributed by atoms with Crippen molar-refractivity contribution in [2.45, 2.75) is 29.9 Å². The first-order valence-corrected chi connectivity index (χ1v) is 9.58. The predicted molar refractivity (Wildman–Crippen MR) is 93.3 cm³/mol. The van der Waals surface area contributed by atoms with Crippen LogP contribution in [0.2, 0.25) is 0 Å². The van der Waals surface area contributed by atoms with Crippen molar-refractivity contribution >= 4 is 10.1 Å². The lowest BCUT2D eigenvalue weighted by atomic mass is 10.0. The zero-order chi connectivity index (χ0) is 17.9. The van der Waals surface area contributed by atoms with Crippen LogP contribution in [0.3, 0.4) is 0 Å². The Morgan fingerprint density at radius 2 is 1.96 bits per heavy atom. The molecule has 0 saturated heterocycles. The highest BCUT2D eigenvalue weighted by Crippen LogP contribution is 2.29. The lowest BCUT2D eigenvalue weighted by Gasteiger charge is -2.27. The summed E-state index contributed by atoms with van der Waals surface area (Å²) in [5, 5.41) is 13.3. The first-order valence-electron chi connectivity index (χ1n) is 8.14. The molecule has 3 N–H and O–H groups in total. The monoisotopic (exact) mass is 363 g/mol. The average molecular weight is 363 g/mol. The van der Waals surface area contributed by atoms with Gasteiger partial charge in [0.25, 0.3) is 10.1 Å². The molecule has 1 aliphatic rings. The van der Waals surface area contributed by atoms with Gasteiger partial charge in [-0.2, -0.15) is 8.42 Å². The molecule has 0 fully saturated rings. The number of benzene rings is 2. The summed E-state index contributed by atoms with van der Waals surface area (Å²) in [5.41, 5.74) is 1.64. The van der Waals surface area contributed by atoms with Crippen molar-refractivity contribution in [3.05, 3.63) is 59.7 Å². The number of hydrogen-bond donors (Lipinski definition) is 3. The summed E-state index contributed by atoms with van der Waals surface area (Å²) >= 11 is 0. The lowest BCUT2D eigenvalue weighted by molar-refractivity contribution is 0.146. The summed E-state index contributed by atoms with van der Waals surface area (Å²) in [6.45, 7) is 1.02. The molecular formula is C18H21NO5S. The minimum atomic E-state index is -4.20. The molecule has 134 valence electrons. The second-order valence-electron chi connectivity index (χ2n) is 6.11. The van der Waals surface area contributed by atoms with Gasteiger partial charge in [-0.15, -0.1) is 0 Å². The molecule has 3 rings (SSSR count). The molecule has 1 aliphatic heterocycles. The van der Waals surface area contributed by atoms with Crippen molar-refractivity contribution < 1.29 is 22.8 Å². The standard InChI is InChI=1S/C18H21NO5S/c20-17(13-4-2-1-3-5-13)12-19-11-15-7-6-14-10-16(25(21,22)23)8-9-18(14)24-15/h1-5,8-10,15,17,19-20H,6-7,11-12H2,(H,21,22,23). The van der Waals surface area contributed by atoms with Crippen molar-refractivity contribution in [3.8, 4) is 5.75 Å². The van der Waals surface area contributed by atoms with Crippen LogP contribution in [0.5, 0.6) is 5.75 Å². The summed E-state index contributed by atoms with van der Waals surface area (Å²) in [5.74, 6) is 0.633. The normalized spacial score (nSPS) is 18.2. The molecule has 1 heterocycles. The number of hydrogen-bond acceptors (Lipinski definition) is 5.